The second-order valence-electron chi connectivity index (χ2n) is 4.45. The zero-order valence-electron chi connectivity index (χ0n) is 11.1. The molecule has 1 rings (SSSR count). The van der Waals surface area contributed by atoms with Gasteiger partial charge in [-0.15, -0.1) is 0 Å². The summed E-state index contributed by atoms with van der Waals surface area (Å²) in [6, 6.07) is 2.28. The molecule has 0 aliphatic carbocycles. The molecular formula is C13H18Cl2FN2O+. The first-order chi connectivity index (χ1) is 8.86. The summed E-state index contributed by atoms with van der Waals surface area (Å²) in [5.41, 5.74) is 0.625. The molecule has 6 heteroatoms. The highest BCUT2D eigenvalue weighted by molar-refractivity contribution is 6.35. The lowest BCUT2D eigenvalue weighted by molar-refractivity contribution is -0.710. The Morgan fingerprint density at radius 2 is 2.00 bits per heavy atom. The third kappa shape index (κ3) is 4.34. The van der Waals surface area contributed by atoms with E-state index in [1.54, 1.807) is 6.92 Å². The quantitative estimate of drug-likeness (QED) is 0.806. The van der Waals surface area contributed by atoms with Crippen LogP contribution in [0.5, 0.6) is 0 Å². The molecule has 0 radical (unpaired) electrons. The number of carbonyl (C=O) groups is 1. The van der Waals surface area contributed by atoms with Crippen LogP contribution in [-0.2, 0) is 4.79 Å². The summed E-state index contributed by atoms with van der Waals surface area (Å²) >= 11 is 11.7. The standard InChI is InChI=1S/C13H17Cl2FN2O/c1-4-17-13(19)8(3)18-7(2)9-5-12(16)11(15)6-10(9)14/h5-8,18H,4H2,1-3H3,(H,17,19)/p+1/t7-,8+/m1/s1. The molecule has 1 amide bonds. The summed E-state index contributed by atoms with van der Waals surface area (Å²) < 4.78 is 13.5. The van der Waals surface area contributed by atoms with Crippen molar-refractivity contribution in [3.63, 3.8) is 0 Å². The van der Waals surface area contributed by atoms with Crippen molar-refractivity contribution in [3.8, 4) is 0 Å². The van der Waals surface area contributed by atoms with Crippen LogP contribution >= 0.6 is 23.2 Å². The number of hydrogen-bond acceptors (Lipinski definition) is 1. The molecule has 0 saturated carbocycles. The third-order valence-corrected chi connectivity index (χ3v) is 3.49. The van der Waals surface area contributed by atoms with E-state index in [1.165, 1.54) is 12.1 Å². The van der Waals surface area contributed by atoms with Crippen molar-refractivity contribution in [2.75, 3.05) is 6.54 Å². The number of nitrogens with two attached hydrogens (primary N) is 1. The molecule has 1 aromatic rings. The Balaban J connectivity index is 2.81. The normalized spacial score (nSPS) is 14.0. The fourth-order valence-electron chi connectivity index (χ4n) is 1.85. The molecule has 106 valence electrons. The van der Waals surface area contributed by atoms with Gasteiger partial charge in [-0.05, 0) is 32.9 Å². The largest absolute Gasteiger partial charge is 0.351 e. The minimum absolute atomic E-state index is 0.00211. The number of halogens is 3. The molecule has 0 aliphatic rings. The fraction of sp³-hybridized carbons (Fsp3) is 0.462. The molecular weight excluding hydrogens is 290 g/mol. The van der Waals surface area contributed by atoms with Gasteiger partial charge in [0.15, 0.2) is 6.04 Å². The van der Waals surface area contributed by atoms with Gasteiger partial charge in [-0.2, -0.15) is 0 Å². The Kier molecular flexibility index (Phi) is 6.04. The number of quaternary nitrogens is 1. The van der Waals surface area contributed by atoms with Gasteiger partial charge in [0.2, 0.25) is 0 Å². The van der Waals surface area contributed by atoms with Gasteiger partial charge in [0.1, 0.15) is 11.9 Å². The van der Waals surface area contributed by atoms with Crippen LogP contribution in [0, 0.1) is 5.82 Å². The number of rotatable bonds is 5. The Morgan fingerprint density at radius 3 is 2.58 bits per heavy atom. The van der Waals surface area contributed by atoms with Gasteiger partial charge in [0.25, 0.3) is 5.91 Å². The number of benzene rings is 1. The summed E-state index contributed by atoms with van der Waals surface area (Å²) in [5, 5.41) is 4.97. The van der Waals surface area contributed by atoms with Crippen LogP contribution in [0.25, 0.3) is 0 Å². The smallest absolute Gasteiger partial charge is 0.277 e. The first-order valence-corrected chi connectivity index (χ1v) is 6.89. The van der Waals surface area contributed by atoms with Gasteiger partial charge < -0.3 is 10.6 Å². The Labute approximate surface area is 122 Å². The first-order valence-electron chi connectivity index (χ1n) is 6.14. The average Bonchev–Trinajstić information content (AvgIpc) is 2.33. The lowest BCUT2D eigenvalue weighted by Gasteiger charge is -2.17. The predicted octanol–water partition coefficient (Wildman–Crippen LogP) is 2.28. The highest BCUT2D eigenvalue weighted by atomic mass is 35.5. The summed E-state index contributed by atoms with van der Waals surface area (Å²) in [4.78, 5) is 11.6. The zero-order valence-corrected chi connectivity index (χ0v) is 12.6. The summed E-state index contributed by atoms with van der Waals surface area (Å²) in [7, 11) is 0. The van der Waals surface area contributed by atoms with Gasteiger partial charge in [0.05, 0.1) is 10.0 Å². The van der Waals surface area contributed by atoms with Crippen LogP contribution in [0.1, 0.15) is 32.4 Å². The van der Waals surface area contributed by atoms with E-state index in [2.05, 4.69) is 5.32 Å². The summed E-state index contributed by atoms with van der Waals surface area (Å²) in [5.74, 6) is -0.563. The average molecular weight is 308 g/mol. The number of carbonyl (C=O) groups excluding carboxylic acids is 1. The summed E-state index contributed by atoms with van der Waals surface area (Å²) in [6.07, 6.45) is 0. The third-order valence-electron chi connectivity index (χ3n) is 2.87. The lowest BCUT2D eigenvalue weighted by atomic mass is 10.1. The Bertz CT molecular complexity index is 468. The second kappa shape index (κ2) is 7.08. The number of hydrogen-bond donors (Lipinski definition) is 2. The molecule has 0 bridgehead atoms. The Morgan fingerprint density at radius 1 is 1.37 bits per heavy atom. The number of nitrogens with one attached hydrogen (secondary N) is 1. The van der Waals surface area contributed by atoms with Crippen molar-refractivity contribution in [2.45, 2.75) is 32.9 Å². The highest BCUT2D eigenvalue weighted by Gasteiger charge is 2.22. The van der Waals surface area contributed by atoms with Crippen molar-refractivity contribution >= 4 is 29.1 Å². The fourth-order valence-corrected chi connectivity index (χ4v) is 2.40. The van der Waals surface area contributed by atoms with Gasteiger partial charge in [-0.1, -0.05) is 23.2 Å². The van der Waals surface area contributed by atoms with E-state index >= 15 is 0 Å². The van der Waals surface area contributed by atoms with Crippen LogP contribution in [0.3, 0.4) is 0 Å². The van der Waals surface area contributed by atoms with Gasteiger partial charge in [0, 0.05) is 12.1 Å². The molecule has 3 N–H and O–H groups in total. The van der Waals surface area contributed by atoms with Crippen LogP contribution in [-0.4, -0.2) is 18.5 Å². The minimum Gasteiger partial charge on any atom is -0.351 e. The SMILES string of the molecule is CCNC(=O)[C@H](C)[NH2+][C@H](C)c1cc(F)c(Cl)cc1Cl. The van der Waals surface area contributed by atoms with Crippen molar-refractivity contribution in [1.29, 1.82) is 0 Å². The maximum Gasteiger partial charge on any atom is 0.277 e. The molecule has 2 atom stereocenters. The van der Waals surface area contributed by atoms with E-state index in [0.29, 0.717) is 17.1 Å². The molecule has 0 saturated heterocycles. The molecule has 0 fully saturated rings. The molecule has 0 aliphatic heterocycles. The van der Waals surface area contributed by atoms with Crippen molar-refractivity contribution in [3.05, 3.63) is 33.6 Å². The second-order valence-corrected chi connectivity index (χ2v) is 5.27. The maximum atomic E-state index is 13.5. The lowest BCUT2D eigenvalue weighted by Crippen LogP contribution is -2.92. The minimum atomic E-state index is -0.507. The molecule has 0 aromatic heterocycles. The van der Waals surface area contributed by atoms with E-state index in [9.17, 15) is 9.18 Å². The number of amides is 1. The monoisotopic (exact) mass is 307 g/mol. The van der Waals surface area contributed by atoms with E-state index in [0.717, 1.165) is 0 Å². The van der Waals surface area contributed by atoms with E-state index in [4.69, 9.17) is 23.2 Å². The van der Waals surface area contributed by atoms with Crippen LogP contribution in [0.4, 0.5) is 4.39 Å². The molecule has 0 unspecified atom stereocenters. The van der Waals surface area contributed by atoms with Crippen LogP contribution < -0.4 is 10.6 Å². The predicted molar refractivity (Wildman–Crippen MR) is 74.9 cm³/mol. The van der Waals surface area contributed by atoms with Gasteiger partial charge >= 0.3 is 0 Å². The number of likely N-dealkylation sites (N-methyl/N-ethyl adjacent to an activating group) is 1. The topological polar surface area (TPSA) is 45.7 Å². The van der Waals surface area contributed by atoms with Gasteiger partial charge in [-0.25, -0.2) is 4.39 Å². The molecule has 3 nitrogen and oxygen atoms in total. The zero-order chi connectivity index (χ0) is 14.6. The van der Waals surface area contributed by atoms with Crippen LogP contribution in [0.2, 0.25) is 10.0 Å². The van der Waals surface area contributed by atoms with E-state index in [1.807, 2.05) is 19.2 Å². The maximum absolute atomic E-state index is 13.5. The Hall–Kier alpha value is -0.840. The van der Waals surface area contributed by atoms with Crippen LogP contribution in [0.15, 0.2) is 12.1 Å². The van der Waals surface area contributed by atoms with Gasteiger partial charge in [-0.3, -0.25) is 4.79 Å². The highest BCUT2D eigenvalue weighted by Crippen LogP contribution is 2.27. The summed E-state index contributed by atoms with van der Waals surface area (Å²) in [6.45, 7) is 6.10. The van der Waals surface area contributed by atoms with E-state index < -0.39 is 5.82 Å². The molecule has 0 spiro atoms. The first kappa shape index (κ1) is 16.2. The van der Waals surface area contributed by atoms with Crippen molar-refractivity contribution in [1.82, 2.24) is 5.32 Å². The molecule has 1 aromatic carbocycles. The van der Waals surface area contributed by atoms with Crippen molar-refractivity contribution in [2.24, 2.45) is 0 Å². The van der Waals surface area contributed by atoms with E-state index in [-0.39, 0.29) is 23.0 Å². The van der Waals surface area contributed by atoms with Crippen molar-refractivity contribution < 1.29 is 14.5 Å². The molecule has 0 heterocycles. The molecule has 19 heavy (non-hydrogen) atoms.